The lowest BCUT2D eigenvalue weighted by Gasteiger charge is -2.16. The first-order valence-electron chi connectivity index (χ1n) is 8.21. The van der Waals surface area contributed by atoms with E-state index in [1.807, 2.05) is 38.1 Å². The van der Waals surface area contributed by atoms with Gasteiger partial charge in [0.2, 0.25) is 15.9 Å². The van der Waals surface area contributed by atoms with Gasteiger partial charge in [0.05, 0.1) is 10.9 Å². The average Bonchev–Trinajstić information content (AvgIpc) is 2.60. The lowest BCUT2D eigenvalue weighted by molar-refractivity contribution is -0.121. The molecule has 0 radical (unpaired) electrons. The van der Waals surface area contributed by atoms with Gasteiger partial charge < -0.3 is 5.32 Å². The van der Waals surface area contributed by atoms with Crippen LogP contribution < -0.4 is 10.0 Å². The predicted octanol–water partition coefficient (Wildman–Crippen LogP) is 2.71. The summed E-state index contributed by atoms with van der Waals surface area (Å²) >= 11 is 0. The lowest BCUT2D eigenvalue weighted by Crippen LogP contribution is -2.27. The Bertz CT molecular complexity index is 830. The molecule has 2 aromatic rings. The van der Waals surface area contributed by atoms with Crippen molar-refractivity contribution >= 4 is 15.9 Å². The Hall–Kier alpha value is -2.18. The summed E-state index contributed by atoms with van der Waals surface area (Å²) in [7, 11) is -2.05. The van der Waals surface area contributed by atoms with Crippen LogP contribution in [0, 0.1) is 6.92 Å². The van der Waals surface area contributed by atoms with E-state index in [0.717, 1.165) is 16.7 Å². The van der Waals surface area contributed by atoms with Crippen LogP contribution in [0.1, 0.15) is 36.1 Å². The number of benzene rings is 2. The van der Waals surface area contributed by atoms with Crippen LogP contribution in [0.4, 0.5) is 0 Å². The van der Waals surface area contributed by atoms with Crippen molar-refractivity contribution in [2.45, 2.75) is 37.6 Å². The molecule has 0 aliphatic rings. The van der Waals surface area contributed by atoms with Crippen molar-refractivity contribution in [3.63, 3.8) is 0 Å². The van der Waals surface area contributed by atoms with Gasteiger partial charge >= 0.3 is 0 Å². The maximum Gasteiger partial charge on any atom is 0.240 e. The van der Waals surface area contributed by atoms with Crippen LogP contribution in [0.15, 0.2) is 53.4 Å². The Morgan fingerprint density at radius 1 is 1.08 bits per heavy atom. The third-order valence-corrected chi connectivity index (χ3v) is 5.61. The van der Waals surface area contributed by atoms with Gasteiger partial charge in [-0.2, -0.15) is 0 Å². The van der Waals surface area contributed by atoms with Crippen LogP contribution >= 0.6 is 0 Å². The smallest absolute Gasteiger partial charge is 0.240 e. The van der Waals surface area contributed by atoms with E-state index < -0.39 is 10.0 Å². The Balaban J connectivity index is 1.91. The Kier molecular flexibility index (Phi) is 6.33. The summed E-state index contributed by atoms with van der Waals surface area (Å²) in [5, 5.41) is 3.01. The molecule has 0 bridgehead atoms. The highest BCUT2D eigenvalue weighted by molar-refractivity contribution is 7.89. The van der Waals surface area contributed by atoms with Gasteiger partial charge in [-0.3, -0.25) is 4.79 Å². The molecular weight excluding hydrogens is 336 g/mol. The molecule has 0 aromatic heterocycles. The molecular formula is C19H24N2O3S. The van der Waals surface area contributed by atoms with E-state index in [1.54, 1.807) is 24.3 Å². The van der Waals surface area contributed by atoms with Crippen molar-refractivity contribution in [2.75, 3.05) is 7.05 Å². The molecule has 0 spiro atoms. The summed E-state index contributed by atoms with van der Waals surface area (Å²) in [6.45, 7) is 4.00. The van der Waals surface area contributed by atoms with E-state index in [0.29, 0.717) is 12.8 Å². The van der Waals surface area contributed by atoms with E-state index in [9.17, 15) is 13.2 Å². The van der Waals surface area contributed by atoms with Crippen molar-refractivity contribution < 1.29 is 13.2 Å². The first-order chi connectivity index (χ1) is 11.8. The van der Waals surface area contributed by atoms with E-state index >= 15 is 0 Å². The topological polar surface area (TPSA) is 75.3 Å². The van der Waals surface area contributed by atoms with Gasteiger partial charge in [0.1, 0.15) is 0 Å². The van der Waals surface area contributed by atoms with Crippen LogP contribution in [0.3, 0.4) is 0 Å². The number of nitrogens with one attached hydrogen (secondary N) is 2. The van der Waals surface area contributed by atoms with Crippen molar-refractivity contribution in [3.05, 3.63) is 65.2 Å². The third-order valence-electron chi connectivity index (χ3n) is 4.18. The van der Waals surface area contributed by atoms with Gasteiger partial charge in [0, 0.05) is 6.42 Å². The van der Waals surface area contributed by atoms with Crippen molar-refractivity contribution in [1.29, 1.82) is 0 Å². The quantitative estimate of drug-likeness (QED) is 0.797. The van der Waals surface area contributed by atoms with E-state index in [4.69, 9.17) is 0 Å². The summed E-state index contributed by atoms with van der Waals surface area (Å²) < 4.78 is 25.7. The second kappa shape index (κ2) is 8.27. The SMILES string of the molecule is CNS(=O)(=O)c1ccc(CCC(=O)NC(C)c2ccccc2C)cc1. The highest BCUT2D eigenvalue weighted by Crippen LogP contribution is 2.17. The number of carbonyl (C=O) groups is 1. The maximum atomic E-state index is 12.2. The van der Waals surface area contributed by atoms with Crippen LogP contribution in [-0.4, -0.2) is 21.4 Å². The first kappa shape index (κ1) is 19.1. The lowest BCUT2D eigenvalue weighted by atomic mass is 10.0. The average molecular weight is 360 g/mol. The number of aryl methyl sites for hydroxylation is 2. The molecule has 6 heteroatoms. The highest BCUT2D eigenvalue weighted by atomic mass is 32.2. The van der Waals surface area contributed by atoms with Crippen LogP contribution in [0.2, 0.25) is 0 Å². The van der Waals surface area contributed by atoms with E-state index in [2.05, 4.69) is 10.0 Å². The van der Waals surface area contributed by atoms with Gasteiger partial charge in [-0.15, -0.1) is 0 Å². The summed E-state index contributed by atoms with van der Waals surface area (Å²) in [6.07, 6.45) is 0.917. The first-order valence-corrected chi connectivity index (χ1v) is 9.69. The highest BCUT2D eigenvalue weighted by Gasteiger charge is 2.13. The second-order valence-corrected chi connectivity index (χ2v) is 7.88. The second-order valence-electron chi connectivity index (χ2n) is 6.00. The minimum atomic E-state index is -3.43. The molecule has 1 unspecified atom stereocenters. The van der Waals surface area contributed by atoms with Crippen molar-refractivity contribution in [1.82, 2.24) is 10.0 Å². The molecule has 5 nitrogen and oxygen atoms in total. The molecule has 1 atom stereocenters. The largest absolute Gasteiger partial charge is 0.350 e. The zero-order valence-electron chi connectivity index (χ0n) is 14.7. The van der Waals surface area contributed by atoms with Crippen LogP contribution in [0.25, 0.3) is 0 Å². The molecule has 1 amide bonds. The summed E-state index contributed by atoms with van der Waals surface area (Å²) in [4.78, 5) is 12.4. The summed E-state index contributed by atoms with van der Waals surface area (Å²) in [5.41, 5.74) is 3.18. The number of sulfonamides is 1. The number of hydrogen-bond donors (Lipinski definition) is 2. The molecule has 0 fully saturated rings. The molecule has 2 aromatic carbocycles. The molecule has 2 rings (SSSR count). The van der Waals surface area contributed by atoms with Gasteiger partial charge in [0.25, 0.3) is 0 Å². The minimum Gasteiger partial charge on any atom is -0.350 e. The van der Waals surface area contributed by atoms with E-state index in [1.165, 1.54) is 7.05 Å². The summed E-state index contributed by atoms with van der Waals surface area (Å²) in [6, 6.07) is 14.5. The molecule has 0 heterocycles. The number of amides is 1. The predicted molar refractivity (Wildman–Crippen MR) is 98.7 cm³/mol. The fourth-order valence-electron chi connectivity index (χ4n) is 2.68. The Morgan fingerprint density at radius 2 is 1.72 bits per heavy atom. The standard InChI is InChI=1S/C19H24N2O3S/c1-14-6-4-5-7-18(14)15(2)21-19(22)13-10-16-8-11-17(12-9-16)25(23,24)20-3/h4-9,11-12,15,20H,10,13H2,1-3H3,(H,21,22). The zero-order chi connectivity index (χ0) is 18.4. The van der Waals surface area contributed by atoms with Crippen LogP contribution in [-0.2, 0) is 21.2 Å². The monoisotopic (exact) mass is 360 g/mol. The number of hydrogen-bond acceptors (Lipinski definition) is 3. The third kappa shape index (κ3) is 5.14. The Morgan fingerprint density at radius 3 is 2.32 bits per heavy atom. The van der Waals surface area contributed by atoms with Crippen molar-refractivity contribution in [3.8, 4) is 0 Å². The minimum absolute atomic E-state index is 0.0253. The number of carbonyl (C=O) groups excluding carboxylic acids is 1. The molecule has 2 N–H and O–H groups in total. The molecule has 0 aliphatic heterocycles. The normalized spacial score (nSPS) is 12.6. The fourth-order valence-corrected chi connectivity index (χ4v) is 3.41. The zero-order valence-corrected chi connectivity index (χ0v) is 15.6. The van der Waals surface area contributed by atoms with Crippen LogP contribution in [0.5, 0.6) is 0 Å². The molecule has 0 saturated heterocycles. The fraction of sp³-hybridized carbons (Fsp3) is 0.316. The molecule has 0 aliphatic carbocycles. The van der Waals surface area contributed by atoms with Gasteiger partial charge in [-0.25, -0.2) is 13.1 Å². The van der Waals surface area contributed by atoms with Gasteiger partial charge in [0.15, 0.2) is 0 Å². The molecule has 0 saturated carbocycles. The van der Waals surface area contributed by atoms with Gasteiger partial charge in [-0.1, -0.05) is 36.4 Å². The molecule has 25 heavy (non-hydrogen) atoms. The van der Waals surface area contributed by atoms with Crippen molar-refractivity contribution in [2.24, 2.45) is 0 Å². The number of rotatable bonds is 7. The maximum absolute atomic E-state index is 12.2. The van der Waals surface area contributed by atoms with Gasteiger partial charge in [-0.05, 0) is 56.1 Å². The summed E-state index contributed by atoms with van der Waals surface area (Å²) in [5.74, 6) is -0.0253. The Labute approximate surface area is 149 Å². The van der Waals surface area contributed by atoms with E-state index in [-0.39, 0.29) is 16.8 Å². The molecule has 134 valence electrons.